The lowest BCUT2D eigenvalue weighted by Gasteiger charge is -2.27. The number of aromatic amines is 1. The largest absolute Gasteiger partial charge is 0.481 e. The van der Waals surface area contributed by atoms with E-state index in [9.17, 15) is 23.9 Å². The molecule has 0 amide bonds. The van der Waals surface area contributed by atoms with Crippen LogP contribution in [0.4, 0.5) is 13.2 Å². The fourth-order valence-electron chi connectivity index (χ4n) is 4.16. The van der Waals surface area contributed by atoms with Crippen molar-refractivity contribution in [1.82, 2.24) is 14.8 Å². The Morgan fingerprint density at radius 3 is 2.69 bits per heavy atom. The second-order valence-corrected chi connectivity index (χ2v) is 8.31. The zero-order valence-corrected chi connectivity index (χ0v) is 17.3. The molecule has 0 aliphatic rings. The van der Waals surface area contributed by atoms with Gasteiger partial charge in [-0.15, -0.1) is 0 Å². The minimum absolute atomic E-state index is 0.0147. The zero-order valence-electron chi connectivity index (χ0n) is 17.3. The third-order valence-corrected chi connectivity index (χ3v) is 5.56. The van der Waals surface area contributed by atoms with Gasteiger partial charge < -0.3 is 9.67 Å². The summed E-state index contributed by atoms with van der Waals surface area (Å²) in [6, 6.07) is 8.78. The molecule has 6 nitrogen and oxygen atoms in total. The quantitative estimate of drug-likeness (QED) is 0.416. The fourth-order valence-corrected chi connectivity index (χ4v) is 4.16. The van der Waals surface area contributed by atoms with Crippen LogP contribution in [0.2, 0.25) is 0 Å². The van der Waals surface area contributed by atoms with E-state index in [0.717, 1.165) is 12.1 Å². The molecule has 0 fully saturated rings. The smallest absolute Gasteiger partial charge is 0.306 e. The predicted molar refractivity (Wildman–Crippen MR) is 112 cm³/mol. The number of fused-ring (bicyclic) bond motifs is 2. The number of hydrogen-bond acceptors (Lipinski definition) is 3. The van der Waals surface area contributed by atoms with Crippen LogP contribution in [0, 0.1) is 23.0 Å². The number of benzene rings is 2. The Bertz CT molecular complexity index is 1400. The van der Waals surface area contributed by atoms with Gasteiger partial charge in [-0.25, -0.2) is 13.2 Å². The van der Waals surface area contributed by atoms with E-state index in [-0.39, 0.29) is 17.7 Å². The number of H-pyrrole nitrogens is 1. The minimum Gasteiger partial charge on any atom is -0.481 e. The average Bonchev–Trinajstić information content (AvgIpc) is 3.29. The monoisotopic (exact) mass is 440 g/mol. The molecular formula is C23H19F3N4O2. The van der Waals surface area contributed by atoms with Gasteiger partial charge in [-0.2, -0.15) is 10.4 Å². The molecule has 0 bridgehead atoms. The van der Waals surface area contributed by atoms with E-state index in [1.54, 1.807) is 36.7 Å². The lowest BCUT2D eigenvalue weighted by atomic mass is 9.82. The number of aromatic nitrogens is 3. The van der Waals surface area contributed by atoms with E-state index < -0.39 is 35.6 Å². The predicted octanol–water partition coefficient (Wildman–Crippen LogP) is 5.46. The summed E-state index contributed by atoms with van der Waals surface area (Å²) >= 11 is 0. The highest BCUT2D eigenvalue weighted by atomic mass is 19.2. The van der Waals surface area contributed by atoms with Crippen LogP contribution in [-0.4, -0.2) is 25.8 Å². The number of nitrogens with one attached hydrogen (secondary N) is 1. The van der Waals surface area contributed by atoms with Crippen LogP contribution < -0.4 is 0 Å². The number of carboxylic acid groups (broad SMARTS) is 1. The highest BCUT2D eigenvalue weighted by Gasteiger charge is 2.35. The van der Waals surface area contributed by atoms with Gasteiger partial charge in [0.25, 0.3) is 0 Å². The van der Waals surface area contributed by atoms with E-state index in [1.807, 2.05) is 0 Å². The topological polar surface area (TPSA) is 94.7 Å². The number of halogens is 3. The number of alkyl halides is 1. The van der Waals surface area contributed by atoms with Gasteiger partial charge in [0.05, 0.1) is 29.7 Å². The van der Waals surface area contributed by atoms with Crippen LogP contribution >= 0.6 is 0 Å². The van der Waals surface area contributed by atoms with Gasteiger partial charge >= 0.3 is 5.97 Å². The van der Waals surface area contributed by atoms with Crippen molar-refractivity contribution in [3.05, 3.63) is 59.4 Å². The molecule has 2 heterocycles. The molecule has 2 aromatic heterocycles. The van der Waals surface area contributed by atoms with Crippen molar-refractivity contribution in [2.24, 2.45) is 0 Å². The van der Waals surface area contributed by atoms with Gasteiger partial charge in [0.2, 0.25) is 0 Å². The summed E-state index contributed by atoms with van der Waals surface area (Å²) in [5.41, 5.74) is 0.787. The van der Waals surface area contributed by atoms with Crippen molar-refractivity contribution in [3.63, 3.8) is 0 Å². The Balaban J connectivity index is 2.18. The van der Waals surface area contributed by atoms with Crippen molar-refractivity contribution >= 4 is 27.8 Å². The number of carboxylic acids is 1. The summed E-state index contributed by atoms with van der Waals surface area (Å²) in [6.07, 6.45) is -1.12. The first-order valence-corrected chi connectivity index (χ1v) is 9.84. The van der Waals surface area contributed by atoms with Crippen molar-refractivity contribution < 1.29 is 23.1 Å². The Kier molecular flexibility index (Phi) is 5.17. The number of aliphatic carboxylic acids is 1. The molecule has 0 aliphatic heterocycles. The van der Waals surface area contributed by atoms with Gasteiger partial charge in [-0.05, 0) is 24.3 Å². The molecule has 4 rings (SSSR count). The minimum atomic E-state index is -1.89. The first kappa shape index (κ1) is 21.4. The number of nitriles is 1. The first-order valence-electron chi connectivity index (χ1n) is 9.84. The van der Waals surface area contributed by atoms with E-state index in [4.69, 9.17) is 0 Å². The standard InChI is InChI=1S/C23H19F3N4O2/c1-23(2,5-6-27)22-21(17(26)10-20(31)32)14-9-18-12(11-28-29-18)7-19(14)30(22)13-3-4-15(24)16(25)8-13/h3-4,7-9,11,17H,5,10H2,1-2H3,(H,28,29)(H,31,32)/t17-/m0/s1. The highest BCUT2D eigenvalue weighted by molar-refractivity contribution is 5.99. The molecule has 2 aromatic carbocycles. The molecular weight excluding hydrogens is 421 g/mol. The number of hydrogen-bond donors (Lipinski definition) is 2. The van der Waals surface area contributed by atoms with Crippen LogP contribution in [0.5, 0.6) is 0 Å². The summed E-state index contributed by atoms with van der Waals surface area (Å²) < 4.78 is 44.9. The van der Waals surface area contributed by atoms with Gasteiger partial charge in [-0.3, -0.25) is 9.89 Å². The third kappa shape index (κ3) is 3.47. The molecule has 0 radical (unpaired) electrons. The molecule has 1 atom stereocenters. The van der Waals surface area contributed by atoms with Crippen molar-refractivity contribution in [3.8, 4) is 11.8 Å². The number of nitrogens with zero attached hydrogens (tertiary/aromatic N) is 3. The van der Waals surface area contributed by atoms with Gasteiger partial charge in [0, 0.05) is 45.6 Å². The maximum absolute atomic E-state index is 15.5. The molecule has 0 spiro atoms. The molecule has 0 unspecified atom stereocenters. The molecule has 4 aromatic rings. The molecule has 0 saturated carbocycles. The van der Waals surface area contributed by atoms with Crippen molar-refractivity contribution in [2.45, 2.75) is 38.3 Å². The van der Waals surface area contributed by atoms with E-state index in [2.05, 4.69) is 16.3 Å². The highest BCUT2D eigenvalue weighted by Crippen LogP contribution is 2.44. The summed E-state index contributed by atoms with van der Waals surface area (Å²) in [7, 11) is 0. The molecule has 0 aliphatic carbocycles. The van der Waals surface area contributed by atoms with Gasteiger partial charge in [0.1, 0.15) is 6.17 Å². The van der Waals surface area contributed by atoms with Crippen LogP contribution in [0.1, 0.15) is 44.1 Å². The molecule has 0 saturated heterocycles. The van der Waals surface area contributed by atoms with E-state index in [0.29, 0.717) is 27.5 Å². The number of carbonyl (C=O) groups is 1. The maximum Gasteiger partial charge on any atom is 0.306 e. The van der Waals surface area contributed by atoms with Gasteiger partial charge in [-0.1, -0.05) is 13.8 Å². The zero-order chi connectivity index (χ0) is 23.2. The Labute approximate surface area is 180 Å². The average molecular weight is 440 g/mol. The summed E-state index contributed by atoms with van der Waals surface area (Å²) in [5, 5.41) is 26.5. The van der Waals surface area contributed by atoms with Crippen LogP contribution in [0.3, 0.4) is 0 Å². The maximum atomic E-state index is 15.5. The Morgan fingerprint density at radius 1 is 1.28 bits per heavy atom. The lowest BCUT2D eigenvalue weighted by Crippen LogP contribution is -2.23. The first-order chi connectivity index (χ1) is 15.1. The molecule has 164 valence electrons. The van der Waals surface area contributed by atoms with E-state index in [1.165, 1.54) is 6.07 Å². The summed E-state index contributed by atoms with van der Waals surface area (Å²) in [4.78, 5) is 11.3. The fraction of sp³-hybridized carbons (Fsp3) is 0.261. The van der Waals surface area contributed by atoms with E-state index >= 15 is 4.39 Å². The van der Waals surface area contributed by atoms with Gasteiger partial charge in [0.15, 0.2) is 11.6 Å². The summed E-state index contributed by atoms with van der Waals surface area (Å²) in [6.45, 7) is 3.45. The second-order valence-electron chi connectivity index (χ2n) is 8.31. The molecule has 2 N–H and O–H groups in total. The lowest BCUT2D eigenvalue weighted by molar-refractivity contribution is -0.138. The normalized spacial score (nSPS) is 12.9. The van der Waals surface area contributed by atoms with Crippen LogP contribution in [-0.2, 0) is 10.2 Å². The molecule has 32 heavy (non-hydrogen) atoms. The number of rotatable bonds is 6. The van der Waals surface area contributed by atoms with Crippen molar-refractivity contribution in [2.75, 3.05) is 0 Å². The van der Waals surface area contributed by atoms with Crippen LogP contribution in [0.15, 0.2) is 36.5 Å². The third-order valence-electron chi connectivity index (χ3n) is 5.56. The second kappa shape index (κ2) is 7.71. The SMILES string of the molecule is CC(C)(CC#N)c1c([C@@H](F)CC(=O)O)c2cc3[nH]ncc3cc2n1-c1ccc(F)c(F)c1. The Morgan fingerprint density at radius 2 is 2.03 bits per heavy atom. The summed E-state index contributed by atoms with van der Waals surface area (Å²) in [5.74, 6) is -3.44. The van der Waals surface area contributed by atoms with Crippen LogP contribution in [0.25, 0.3) is 27.5 Å². The Hall–Kier alpha value is -3.80. The molecule has 9 heteroatoms. The van der Waals surface area contributed by atoms with Crippen molar-refractivity contribution in [1.29, 1.82) is 5.26 Å².